The van der Waals surface area contributed by atoms with E-state index in [4.69, 9.17) is 4.74 Å². The highest BCUT2D eigenvalue weighted by atomic mass is 16.5. The van der Waals surface area contributed by atoms with E-state index < -0.39 is 0 Å². The van der Waals surface area contributed by atoms with E-state index in [1.54, 1.807) is 0 Å². The minimum Gasteiger partial charge on any atom is -0.378 e. The number of hydrogen-bond acceptors (Lipinski definition) is 1. The van der Waals surface area contributed by atoms with Crippen molar-refractivity contribution in [1.29, 1.82) is 0 Å². The van der Waals surface area contributed by atoms with E-state index in [0.717, 1.165) is 0 Å². The van der Waals surface area contributed by atoms with Crippen LogP contribution in [-0.2, 0) is 4.74 Å². The van der Waals surface area contributed by atoms with Gasteiger partial charge in [0.05, 0.1) is 5.60 Å². The van der Waals surface area contributed by atoms with E-state index in [1.165, 1.54) is 19.3 Å². The molecule has 0 aromatic heterocycles. The molecule has 0 atom stereocenters. The summed E-state index contributed by atoms with van der Waals surface area (Å²) in [6, 6.07) is 0. The summed E-state index contributed by atoms with van der Waals surface area (Å²) in [5, 5.41) is 0. The van der Waals surface area contributed by atoms with Gasteiger partial charge in [0.1, 0.15) is 0 Å². The lowest BCUT2D eigenvalue weighted by atomic mass is 9.64. The molecule has 0 saturated heterocycles. The Kier molecular flexibility index (Phi) is 3.27. The van der Waals surface area contributed by atoms with E-state index in [2.05, 4.69) is 41.5 Å². The Hall–Kier alpha value is -0.0400. The fourth-order valence-electron chi connectivity index (χ4n) is 2.91. The lowest BCUT2D eigenvalue weighted by Gasteiger charge is -2.42. The molecule has 0 unspecified atom stereocenters. The first-order valence-corrected chi connectivity index (χ1v) is 6.16. The van der Waals surface area contributed by atoms with Crippen LogP contribution in [0.15, 0.2) is 0 Å². The fraction of sp³-hybridized carbons (Fsp3) is 1.00. The van der Waals surface area contributed by atoms with Gasteiger partial charge < -0.3 is 4.74 Å². The van der Waals surface area contributed by atoms with Gasteiger partial charge in [-0.2, -0.15) is 0 Å². The van der Waals surface area contributed by atoms with Gasteiger partial charge in [0.25, 0.3) is 0 Å². The molecule has 0 aliphatic heterocycles. The molecular formula is C14H28O. The third-order valence-corrected chi connectivity index (χ3v) is 3.91. The molecule has 1 fully saturated rings. The first-order valence-electron chi connectivity index (χ1n) is 6.16. The van der Waals surface area contributed by atoms with Crippen molar-refractivity contribution in [3.63, 3.8) is 0 Å². The molecule has 0 amide bonds. The molecule has 0 bridgehead atoms. The van der Waals surface area contributed by atoms with Crippen LogP contribution in [-0.4, -0.2) is 12.7 Å². The van der Waals surface area contributed by atoms with Gasteiger partial charge in [-0.15, -0.1) is 0 Å². The maximum atomic E-state index is 5.67. The predicted octanol–water partition coefficient (Wildman–Crippen LogP) is 4.26. The lowest BCUT2D eigenvalue weighted by molar-refractivity contribution is -0.000561. The Morgan fingerprint density at radius 2 is 1.40 bits per heavy atom. The van der Waals surface area contributed by atoms with Crippen molar-refractivity contribution >= 4 is 0 Å². The van der Waals surface area contributed by atoms with Gasteiger partial charge in [0, 0.05) is 7.11 Å². The van der Waals surface area contributed by atoms with E-state index in [-0.39, 0.29) is 5.60 Å². The summed E-state index contributed by atoms with van der Waals surface area (Å²) < 4.78 is 5.67. The highest BCUT2D eigenvalue weighted by Gasteiger charge is 2.49. The molecule has 0 radical (unpaired) electrons. The molecule has 0 aromatic carbocycles. The topological polar surface area (TPSA) is 9.23 Å². The predicted molar refractivity (Wildman–Crippen MR) is 66.0 cm³/mol. The average molecular weight is 212 g/mol. The first-order chi connectivity index (χ1) is 6.61. The monoisotopic (exact) mass is 212 g/mol. The van der Waals surface area contributed by atoms with Crippen LogP contribution in [0.1, 0.15) is 60.8 Å². The molecule has 1 heteroatoms. The standard InChI is InChI=1S/C14H28O/c1-12(2,3)11(13(4,5)6)10-14(15-7)8-9-14/h11H,8-10H2,1-7H3. The molecule has 90 valence electrons. The first kappa shape index (κ1) is 13.0. The number of hydrogen-bond donors (Lipinski definition) is 0. The maximum absolute atomic E-state index is 5.67. The molecule has 1 saturated carbocycles. The summed E-state index contributed by atoms with van der Waals surface area (Å²) in [5.74, 6) is 0.715. The summed E-state index contributed by atoms with van der Waals surface area (Å²) in [5.41, 5.74) is 0.962. The second-order valence-electron chi connectivity index (χ2n) is 7.38. The minimum absolute atomic E-state index is 0.227. The van der Waals surface area contributed by atoms with Crippen molar-refractivity contribution < 1.29 is 4.74 Å². The maximum Gasteiger partial charge on any atom is 0.0684 e. The van der Waals surface area contributed by atoms with Gasteiger partial charge in [-0.1, -0.05) is 41.5 Å². The molecule has 0 spiro atoms. The highest BCUT2D eigenvalue weighted by molar-refractivity contribution is 5.00. The summed E-state index contributed by atoms with van der Waals surface area (Å²) in [7, 11) is 1.87. The fourth-order valence-corrected chi connectivity index (χ4v) is 2.91. The van der Waals surface area contributed by atoms with Gasteiger partial charge in [-0.25, -0.2) is 0 Å². The Balaban J connectivity index is 2.75. The third kappa shape index (κ3) is 3.21. The molecule has 0 N–H and O–H groups in total. The Bertz CT molecular complexity index is 198. The zero-order valence-corrected chi connectivity index (χ0v) is 11.6. The Morgan fingerprint density at radius 3 is 1.60 bits per heavy atom. The molecule has 1 aliphatic carbocycles. The molecular weight excluding hydrogens is 184 g/mol. The second kappa shape index (κ2) is 3.76. The third-order valence-electron chi connectivity index (χ3n) is 3.91. The van der Waals surface area contributed by atoms with Crippen molar-refractivity contribution in [2.45, 2.75) is 66.4 Å². The van der Waals surface area contributed by atoms with Crippen molar-refractivity contribution in [2.24, 2.45) is 16.7 Å². The normalized spacial score (nSPS) is 20.8. The molecule has 15 heavy (non-hydrogen) atoms. The van der Waals surface area contributed by atoms with Crippen LogP contribution in [0.5, 0.6) is 0 Å². The van der Waals surface area contributed by atoms with Crippen LogP contribution in [0.4, 0.5) is 0 Å². The lowest BCUT2D eigenvalue weighted by Crippen LogP contribution is -2.36. The smallest absolute Gasteiger partial charge is 0.0684 e. The van der Waals surface area contributed by atoms with Crippen LogP contribution in [0.25, 0.3) is 0 Å². The minimum atomic E-state index is 0.227. The van der Waals surface area contributed by atoms with E-state index in [0.29, 0.717) is 16.7 Å². The van der Waals surface area contributed by atoms with Crippen molar-refractivity contribution in [3.05, 3.63) is 0 Å². The summed E-state index contributed by atoms with van der Waals surface area (Å²) >= 11 is 0. The van der Waals surface area contributed by atoms with E-state index in [9.17, 15) is 0 Å². The van der Waals surface area contributed by atoms with Gasteiger partial charge in [0.15, 0.2) is 0 Å². The van der Waals surface area contributed by atoms with E-state index in [1.807, 2.05) is 7.11 Å². The van der Waals surface area contributed by atoms with Crippen LogP contribution >= 0.6 is 0 Å². The SMILES string of the molecule is COC1(CC(C(C)(C)C)C(C)(C)C)CC1. The van der Waals surface area contributed by atoms with Crippen molar-refractivity contribution in [1.82, 2.24) is 0 Å². The summed E-state index contributed by atoms with van der Waals surface area (Å²) in [4.78, 5) is 0. The number of rotatable bonds is 3. The second-order valence-corrected chi connectivity index (χ2v) is 7.38. The molecule has 1 rings (SSSR count). The average Bonchev–Trinajstić information content (AvgIpc) is 2.76. The molecule has 0 aromatic rings. The number of ether oxygens (including phenoxy) is 1. The van der Waals surface area contributed by atoms with Gasteiger partial charge >= 0.3 is 0 Å². The Morgan fingerprint density at radius 1 is 1.00 bits per heavy atom. The van der Waals surface area contributed by atoms with Crippen LogP contribution in [0, 0.1) is 16.7 Å². The zero-order chi connectivity index (χ0) is 11.9. The Labute approximate surface area is 95.6 Å². The molecule has 0 heterocycles. The van der Waals surface area contributed by atoms with Crippen LogP contribution < -0.4 is 0 Å². The van der Waals surface area contributed by atoms with Crippen molar-refractivity contribution in [3.8, 4) is 0 Å². The number of methoxy groups -OCH3 is 1. The van der Waals surface area contributed by atoms with Crippen molar-refractivity contribution in [2.75, 3.05) is 7.11 Å². The zero-order valence-electron chi connectivity index (χ0n) is 11.6. The quantitative estimate of drug-likeness (QED) is 0.679. The van der Waals surface area contributed by atoms with E-state index >= 15 is 0 Å². The van der Waals surface area contributed by atoms with Gasteiger partial charge in [-0.3, -0.25) is 0 Å². The van der Waals surface area contributed by atoms with Gasteiger partial charge in [0.2, 0.25) is 0 Å². The largest absolute Gasteiger partial charge is 0.378 e. The molecule has 1 aliphatic rings. The summed E-state index contributed by atoms with van der Waals surface area (Å²) in [6.45, 7) is 14.1. The van der Waals surface area contributed by atoms with Gasteiger partial charge in [-0.05, 0) is 36.0 Å². The molecule has 1 nitrogen and oxygen atoms in total. The highest BCUT2D eigenvalue weighted by Crippen LogP contribution is 2.52. The summed E-state index contributed by atoms with van der Waals surface area (Å²) in [6.07, 6.45) is 3.73. The van der Waals surface area contributed by atoms with Crippen LogP contribution in [0.2, 0.25) is 0 Å². The van der Waals surface area contributed by atoms with Crippen LogP contribution in [0.3, 0.4) is 0 Å².